The van der Waals surface area contributed by atoms with Gasteiger partial charge in [-0.1, -0.05) is 0 Å². The number of hydrogen-bond acceptors (Lipinski definition) is 2. The van der Waals surface area contributed by atoms with Crippen molar-refractivity contribution in [3.63, 3.8) is 0 Å². The van der Waals surface area contributed by atoms with E-state index in [2.05, 4.69) is 13.8 Å². The fourth-order valence-corrected chi connectivity index (χ4v) is 7.71. The van der Waals surface area contributed by atoms with Gasteiger partial charge in [-0.25, -0.2) is 0 Å². The van der Waals surface area contributed by atoms with Crippen LogP contribution in [0.15, 0.2) is 0 Å². The molecule has 1 fully saturated rings. The first kappa shape index (κ1) is 11.4. The average Bonchev–Trinajstić information content (AvgIpc) is 2.81. The third-order valence-corrected chi connectivity index (χ3v) is 10.3. The van der Waals surface area contributed by atoms with Gasteiger partial charge in [0.15, 0.2) is 0 Å². The Labute approximate surface area is 81.6 Å². The summed E-state index contributed by atoms with van der Waals surface area (Å²) >= 11 is 0. The van der Waals surface area contributed by atoms with E-state index < -0.39 is 12.9 Å². The summed E-state index contributed by atoms with van der Waals surface area (Å²) in [5.41, 5.74) is 0. The van der Waals surface area contributed by atoms with E-state index in [1.54, 1.807) is 6.92 Å². The second-order valence-corrected chi connectivity index (χ2v) is 11.3. The van der Waals surface area contributed by atoms with Gasteiger partial charge < -0.3 is 0 Å². The van der Waals surface area contributed by atoms with Crippen molar-refractivity contribution in [3.8, 4) is 0 Å². The van der Waals surface area contributed by atoms with Gasteiger partial charge in [-0.3, -0.25) is 0 Å². The van der Waals surface area contributed by atoms with Crippen LogP contribution in [-0.4, -0.2) is 42.4 Å². The Bertz CT molecular complexity index is 176. The fraction of sp³-hybridized carbons (Fsp3) is 1.00. The molecule has 3 heteroatoms. The zero-order valence-corrected chi connectivity index (χ0v) is 10.0. The SMILES string of the molecule is CCCP1(CC)(COC(C)O)CC1. The summed E-state index contributed by atoms with van der Waals surface area (Å²) in [5, 5.41) is 9.12. The van der Waals surface area contributed by atoms with Gasteiger partial charge in [0.05, 0.1) is 0 Å². The molecule has 0 aromatic carbocycles. The third-order valence-electron chi connectivity index (χ3n) is 3.60. The van der Waals surface area contributed by atoms with Gasteiger partial charge in [0.1, 0.15) is 0 Å². The van der Waals surface area contributed by atoms with Crippen molar-refractivity contribution in [2.24, 2.45) is 0 Å². The number of aliphatic hydroxyl groups is 1. The van der Waals surface area contributed by atoms with Gasteiger partial charge >= 0.3 is 80.9 Å². The van der Waals surface area contributed by atoms with E-state index in [0.29, 0.717) is 0 Å². The molecule has 0 saturated carbocycles. The van der Waals surface area contributed by atoms with Crippen LogP contribution in [0.1, 0.15) is 27.2 Å². The molecule has 0 radical (unpaired) electrons. The van der Waals surface area contributed by atoms with Crippen LogP contribution < -0.4 is 0 Å². The van der Waals surface area contributed by atoms with Crippen LogP contribution in [0.4, 0.5) is 0 Å². The monoisotopic (exact) mass is 206 g/mol. The van der Waals surface area contributed by atoms with Crippen molar-refractivity contribution >= 4 is 6.60 Å². The molecule has 1 aliphatic rings. The van der Waals surface area contributed by atoms with Gasteiger partial charge in [-0.15, -0.1) is 0 Å². The zero-order chi connectivity index (χ0) is 9.97. The van der Waals surface area contributed by atoms with E-state index in [4.69, 9.17) is 9.84 Å². The van der Waals surface area contributed by atoms with Crippen molar-refractivity contribution in [2.75, 3.05) is 31.0 Å². The topological polar surface area (TPSA) is 29.5 Å². The van der Waals surface area contributed by atoms with Crippen molar-refractivity contribution in [3.05, 3.63) is 0 Å². The van der Waals surface area contributed by atoms with Crippen molar-refractivity contribution in [2.45, 2.75) is 33.5 Å². The van der Waals surface area contributed by atoms with Gasteiger partial charge in [0.25, 0.3) is 0 Å². The number of ether oxygens (including phenoxy) is 1. The van der Waals surface area contributed by atoms with E-state index >= 15 is 0 Å². The third kappa shape index (κ3) is 2.43. The average molecular weight is 206 g/mol. The molecule has 1 saturated heterocycles. The second kappa shape index (κ2) is 3.84. The zero-order valence-electron chi connectivity index (χ0n) is 9.12. The minimum atomic E-state index is -1.38. The predicted molar refractivity (Wildman–Crippen MR) is 60.0 cm³/mol. The molecular formula is C10H23O2P. The van der Waals surface area contributed by atoms with Crippen LogP contribution in [0, 0.1) is 0 Å². The second-order valence-electron chi connectivity index (χ2n) is 4.62. The number of aliphatic hydroxyl groups excluding tert-OH is 1. The first-order valence-corrected chi connectivity index (χ1v) is 8.52. The van der Waals surface area contributed by atoms with Crippen LogP contribution in [0.2, 0.25) is 0 Å². The molecule has 1 atom stereocenters. The first-order chi connectivity index (χ1) is 6.06. The molecule has 80 valence electrons. The van der Waals surface area contributed by atoms with Crippen LogP contribution >= 0.6 is 6.60 Å². The summed E-state index contributed by atoms with van der Waals surface area (Å²) in [5.74, 6) is 0. The van der Waals surface area contributed by atoms with Crippen LogP contribution in [0.25, 0.3) is 0 Å². The number of hydrogen-bond donors (Lipinski definition) is 1. The van der Waals surface area contributed by atoms with E-state index in [0.717, 1.165) is 6.35 Å². The Morgan fingerprint density at radius 3 is 2.31 bits per heavy atom. The summed E-state index contributed by atoms with van der Waals surface area (Å²) in [7, 11) is 0. The standard InChI is InChI=1S/C10H23O2P/c1-4-6-13(5-2,7-8-13)9-12-10(3)11/h10-11H,4-9H2,1-3H3. The quantitative estimate of drug-likeness (QED) is 0.533. The molecule has 1 unspecified atom stereocenters. The molecule has 1 aliphatic heterocycles. The Hall–Kier alpha value is 0.350. The summed E-state index contributed by atoms with van der Waals surface area (Å²) in [6, 6.07) is 0. The molecule has 1 N–H and O–H groups in total. The summed E-state index contributed by atoms with van der Waals surface area (Å²) < 4.78 is 5.43. The molecule has 0 bridgehead atoms. The molecule has 2 nitrogen and oxygen atoms in total. The summed E-state index contributed by atoms with van der Waals surface area (Å²) in [6.07, 6.45) is 7.05. The maximum absolute atomic E-state index is 9.12. The summed E-state index contributed by atoms with van der Waals surface area (Å²) in [4.78, 5) is 0. The molecule has 13 heavy (non-hydrogen) atoms. The van der Waals surface area contributed by atoms with E-state index in [1.165, 1.54) is 31.1 Å². The molecule has 0 aromatic rings. The van der Waals surface area contributed by atoms with Crippen molar-refractivity contribution < 1.29 is 9.84 Å². The van der Waals surface area contributed by atoms with Crippen LogP contribution in [0.3, 0.4) is 0 Å². The van der Waals surface area contributed by atoms with Crippen molar-refractivity contribution in [1.82, 2.24) is 0 Å². The van der Waals surface area contributed by atoms with E-state index in [-0.39, 0.29) is 0 Å². The molecule has 0 aliphatic carbocycles. The van der Waals surface area contributed by atoms with Crippen LogP contribution in [0.5, 0.6) is 0 Å². The summed E-state index contributed by atoms with van der Waals surface area (Å²) in [6.45, 7) is 4.87. The molecule has 1 rings (SSSR count). The van der Waals surface area contributed by atoms with E-state index in [1.807, 2.05) is 0 Å². The molecular weight excluding hydrogens is 183 g/mol. The minimum absolute atomic E-state index is 0.581. The Balaban J connectivity index is 2.49. The normalized spacial score (nSPS) is 28.8. The van der Waals surface area contributed by atoms with Gasteiger partial charge in [-0.2, -0.15) is 0 Å². The maximum atomic E-state index is 9.12. The van der Waals surface area contributed by atoms with Crippen molar-refractivity contribution in [1.29, 1.82) is 0 Å². The Morgan fingerprint density at radius 2 is 2.00 bits per heavy atom. The molecule has 0 aromatic heterocycles. The fourth-order valence-electron chi connectivity index (χ4n) is 2.15. The van der Waals surface area contributed by atoms with Crippen LogP contribution in [-0.2, 0) is 4.74 Å². The van der Waals surface area contributed by atoms with Gasteiger partial charge in [0.2, 0.25) is 0 Å². The Kier molecular flexibility index (Phi) is 3.38. The number of rotatable bonds is 6. The van der Waals surface area contributed by atoms with Gasteiger partial charge in [0, 0.05) is 0 Å². The first-order valence-electron chi connectivity index (χ1n) is 5.36. The molecule has 0 spiro atoms. The molecule has 1 heterocycles. The van der Waals surface area contributed by atoms with E-state index in [9.17, 15) is 0 Å². The molecule has 0 amide bonds. The Morgan fingerprint density at radius 1 is 1.38 bits per heavy atom. The predicted octanol–water partition coefficient (Wildman–Crippen LogP) is 2.30. The van der Waals surface area contributed by atoms with Gasteiger partial charge in [-0.05, 0) is 0 Å².